The van der Waals surface area contributed by atoms with Gasteiger partial charge in [0, 0.05) is 10.5 Å². The first kappa shape index (κ1) is 17.5. The Hall–Kier alpha value is -0.590. The molecule has 6 heteroatoms. The third-order valence-corrected chi connectivity index (χ3v) is 3.87. The highest BCUT2D eigenvalue weighted by atomic mass is 79.9. The van der Waals surface area contributed by atoms with Crippen LogP contribution in [0.15, 0.2) is 22.7 Å². The number of halogens is 4. The summed E-state index contributed by atoms with van der Waals surface area (Å²) in [4.78, 5) is 0. The summed E-state index contributed by atoms with van der Waals surface area (Å²) in [5.74, 6) is 6.05. The number of nitrogens with one attached hydrogen (secondary N) is 1. The molecule has 0 aliphatic carbocycles. The SMILES string of the molecule is CC(C)CCCC(NN)c1ccc(Br)c(C(F)(F)F)c1. The highest BCUT2D eigenvalue weighted by molar-refractivity contribution is 9.10. The number of hydrazine groups is 1. The maximum absolute atomic E-state index is 12.9. The van der Waals surface area contributed by atoms with E-state index < -0.39 is 11.7 Å². The Bertz CT molecular complexity index is 433. The van der Waals surface area contributed by atoms with Gasteiger partial charge in [-0.25, -0.2) is 0 Å². The molecular formula is C14H20BrF3N2. The van der Waals surface area contributed by atoms with E-state index >= 15 is 0 Å². The minimum absolute atomic E-state index is 0.0479. The first-order chi connectivity index (χ1) is 9.25. The highest BCUT2D eigenvalue weighted by Gasteiger charge is 2.33. The van der Waals surface area contributed by atoms with Crippen LogP contribution in [-0.2, 0) is 6.18 Å². The van der Waals surface area contributed by atoms with E-state index in [1.54, 1.807) is 6.07 Å². The molecule has 0 radical (unpaired) electrons. The van der Waals surface area contributed by atoms with Gasteiger partial charge in [0.05, 0.1) is 5.56 Å². The van der Waals surface area contributed by atoms with Crippen LogP contribution in [0.3, 0.4) is 0 Å². The van der Waals surface area contributed by atoms with Crippen molar-refractivity contribution in [2.75, 3.05) is 0 Å². The molecule has 1 rings (SSSR count). The van der Waals surface area contributed by atoms with Crippen LogP contribution in [-0.4, -0.2) is 0 Å². The molecule has 0 spiro atoms. The molecular weight excluding hydrogens is 333 g/mol. The Kier molecular flexibility index (Phi) is 6.48. The zero-order chi connectivity index (χ0) is 15.3. The van der Waals surface area contributed by atoms with E-state index in [9.17, 15) is 13.2 Å². The molecule has 20 heavy (non-hydrogen) atoms. The fourth-order valence-electron chi connectivity index (χ4n) is 2.05. The fourth-order valence-corrected chi connectivity index (χ4v) is 2.52. The van der Waals surface area contributed by atoms with Gasteiger partial charge in [0.2, 0.25) is 0 Å². The fraction of sp³-hybridized carbons (Fsp3) is 0.571. The molecule has 0 aromatic heterocycles. The van der Waals surface area contributed by atoms with E-state index in [4.69, 9.17) is 5.84 Å². The van der Waals surface area contributed by atoms with Gasteiger partial charge in [-0.15, -0.1) is 0 Å². The summed E-state index contributed by atoms with van der Waals surface area (Å²) in [5.41, 5.74) is 2.50. The predicted octanol–water partition coefficient (Wildman–Crippen LogP) is 4.80. The molecule has 0 aliphatic heterocycles. The monoisotopic (exact) mass is 352 g/mol. The molecule has 1 aromatic rings. The largest absolute Gasteiger partial charge is 0.417 e. The summed E-state index contributed by atoms with van der Waals surface area (Å²) in [6, 6.07) is 3.98. The molecule has 1 unspecified atom stereocenters. The second-order valence-corrected chi connectivity index (χ2v) is 6.14. The van der Waals surface area contributed by atoms with Gasteiger partial charge in [-0.3, -0.25) is 11.3 Å². The van der Waals surface area contributed by atoms with Crippen molar-refractivity contribution < 1.29 is 13.2 Å². The first-order valence-corrected chi connectivity index (χ1v) is 7.37. The van der Waals surface area contributed by atoms with Crippen molar-refractivity contribution >= 4 is 15.9 Å². The van der Waals surface area contributed by atoms with Crippen LogP contribution in [0.4, 0.5) is 13.2 Å². The summed E-state index contributed by atoms with van der Waals surface area (Å²) in [5, 5.41) is 0. The van der Waals surface area contributed by atoms with E-state index in [0.29, 0.717) is 17.9 Å². The van der Waals surface area contributed by atoms with Gasteiger partial charge in [0.1, 0.15) is 0 Å². The average molecular weight is 353 g/mol. The Balaban J connectivity index is 2.88. The number of hydrogen-bond acceptors (Lipinski definition) is 2. The topological polar surface area (TPSA) is 38.0 Å². The predicted molar refractivity (Wildman–Crippen MR) is 77.9 cm³/mol. The van der Waals surface area contributed by atoms with Gasteiger partial charge in [0.25, 0.3) is 0 Å². The van der Waals surface area contributed by atoms with Crippen LogP contribution in [0.25, 0.3) is 0 Å². The Labute approximate surface area is 126 Å². The summed E-state index contributed by atoms with van der Waals surface area (Å²) < 4.78 is 38.7. The van der Waals surface area contributed by atoms with Gasteiger partial charge >= 0.3 is 6.18 Å². The lowest BCUT2D eigenvalue weighted by Crippen LogP contribution is -2.28. The third kappa shape index (κ3) is 5.07. The summed E-state index contributed by atoms with van der Waals surface area (Å²) in [6.45, 7) is 4.23. The van der Waals surface area contributed by atoms with Crippen LogP contribution in [0.5, 0.6) is 0 Å². The van der Waals surface area contributed by atoms with Crippen molar-refractivity contribution in [3.8, 4) is 0 Å². The Morgan fingerprint density at radius 3 is 2.40 bits per heavy atom. The minimum Gasteiger partial charge on any atom is -0.271 e. The van der Waals surface area contributed by atoms with Crippen molar-refractivity contribution in [1.29, 1.82) is 0 Å². The molecule has 0 saturated carbocycles. The second kappa shape index (κ2) is 7.43. The van der Waals surface area contributed by atoms with Crippen molar-refractivity contribution in [3.05, 3.63) is 33.8 Å². The van der Waals surface area contributed by atoms with Gasteiger partial charge in [-0.1, -0.05) is 48.7 Å². The van der Waals surface area contributed by atoms with Gasteiger partial charge < -0.3 is 0 Å². The number of rotatable bonds is 6. The lowest BCUT2D eigenvalue weighted by molar-refractivity contribution is -0.138. The molecule has 2 nitrogen and oxygen atoms in total. The molecule has 1 atom stereocenters. The van der Waals surface area contributed by atoms with Crippen molar-refractivity contribution in [1.82, 2.24) is 5.43 Å². The van der Waals surface area contributed by atoms with Crippen LogP contribution in [0.2, 0.25) is 0 Å². The normalized spacial score (nSPS) is 13.8. The quantitative estimate of drug-likeness (QED) is 0.570. The molecule has 1 aromatic carbocycles. The summed E-state index contributed by atoms with van der Waals surface area (Å²) in [6.07, 6.45) is -1.70. The minimum atomic E-state index is -4.37. The molecule has 0 bridgehead atoms. The lowest BCUT2D eigenvalue weighted by Gasteiger charge is -2.19. The van der Waals surface area contributed by atoms with E-state index in [1.807, 2.05) is 0 Å². The maximum atomic E-state index is 12.9. The van der Waals surface area contributed by atoms with Crippen LogP contribution in [0, 0.1) is 5.92 Å². The number of hydrogen-bond donors (Lipinski definition) is 2. The molecule has 0 saturated heterocycles. The van der Waals surface area contributed by atoms with Gasteiger partial charge in [-0.05, 0) is 30.0 Å². The maximum Gasteiger partial charge on any atom is 0.417 e. The average Bonchev–Trinajstić information content (AvgIpc) is 2.34. The third-order valence-electron chi connectivity index (χ3n) is 3.17. The van der Waals surface area contributed by atoms with Gasteiger partial charge in [-0.2, -0.15) is 13.2 Å². The molecule has 0 aliphatic rings. The highest BCUT2D eigenvalue weighted by Crippen LogP contribution is 2.36. The zero-order valence-corrected chi connectivity index (χ0v) is 13.2. The number of benzene rings is 1. The second-order valence-electron chi connectivity index (χ2n) is 5.28. The molecule has 0 amide bonds. The zero-order valence-electron chi connectivity index (χ0n) is 11.6. The van der Waals surface area contributed by atoms with E-state index in [-0.39, 0.29) is 10.5 Å². The smallest absolute Gasteiger partial charge is 0.271 e. The van der Waals surface area contributed by atoms with Crippen molar-refractivity contribution in [2.45, 2.75) is 45.3 Å². The molecule has 114 valence electrons. The van der Waals surface area contributed by atoms with Crippen LogP contribution in [0.1, 0.15) is 50.3 Å². The summed E-state index contributed by atoms with van der Waals surface area (Å²) in [7, 11) is 0. The first-order valence-electron chi connectivity index (χ1n) is 6.58. The molecule has 0 heterocycles. The van der Waals surface area contributed by atoms with E-state index in [2.05, 4.69) is 35.2 Å². The number of alkyl halides is 3. The Morgan fingerprint density at radius 2 is 1.90 bits per heavy atom. The van der Waals surface area contributed by atoms with E-state index in [0.717, 1.165) is 18.9 Å². The van der Waals surface area contributed by atoms with Crippen LogP contribution >= 0.6 is 15.9 Å². The van der Waals surface area contributed by atoms with Crippen molar-refractivity contribution in [2.24, 2.45) is 11.8 Å². The Morgan fingerprint density at radius 1 is 1.25 bits per heavy atom. The number of nitrogens with two attached hydrogens (primary N) is 1. The molecule has 3 N–H and O–H groups in total. The lowest BCUT2D eigenvalue weighted by atomic mass is 9.97. The standard InChI is InChI=1S/C14H20BrF3N2/c1-9(2)4-3-5-13(20-19)10-6-7-12(15)11(8-10)14(16,17)18/h6-9,13,20H,3-5,19H2,1-2H3. The van der Waals surface area contributed by atoms with Crippen molar-refractivity contribution in [3.63, 3.8) is 0 Å². The van der Waals surface area contributed by atoms with E-state index in [1.165, 1.54) is 6.07 Å². The molecule has 0 fully saturated rings. The van der Waals surface area contributed by atoms with Crippen LogP contribution < -0.4 is 11.3 Å². The summed E-state index contributed by atoms with van der Waals surface area (Å²) >= 11 is 2.94. The van der Waals surface area contributed by atoms with Gasteiger partial charge in [0.15, 0.2) is 0 Å².